The number of unbranched alkanes of at least 4 members (excludes halogenated alkanes) is 1. The summed E-state index contributed by atoms with van der Waals surface area (Å²) in [5.41, 5.74) is 2.54. The Morgan fingerprint density at radius 2 is 1.75 bits per heavy atom. The van der Waals surface area contributed by atoms with E-state index in [1.807, 2.05) is 12.1 Å². The van der Waals surface area contributed by atoms with Crippen LogP contribution in [0.2, 0.25) is 0 Å². The molecule has 0 bridgehead atoms. The van der Waals surface area contributed by atoms with Crippen molar-refractivity contribution >= 4 is 0 Å². The molecule has 0 aliphatic carbocycles. The molecule has 0 fully saturated rings. The van der Waals surface area contributed by atoms with E-state index in [9.17, 15) is 5.11 Å². The molecule has 24 heavy (non-hydrogen) atoms. The van der Waals surface area contributed by atoms with Crippen LogP contribution in [0, 0.1) is 5.92 Å². The van der Waals surface area contributed by atoms with Crippen molar-refractivity contribution in [3.05, 3.63) is 41.2 Å². The number of ether oxygens (including phenoxy) is 2. The standard InChI is InChI=1S/C21H34O3/c1-6-8-9-20(21(24-5)16(3)7-2)19(14-15-22)17-10-12-18(23-4)13-11-17/h10-13,19-20,22H,6-9,14-15H2,1-5H3. The van der Waals surface area contributed by atoms with Crippen LogP contribution < -0.4 is 4.74 Å². The molecule has 2 atom stereocenters. The van der Waals surface area contributed by atoms with Gasteiger partial charge in [0.15, 0.2) is 0 Å². The maximum Gasteiger partial charge on any atom is 0.118 e. The summed E-state index contributed by atoms with van der Waals surface area (Å²) >= 11 is 0. The van der Waals surface area contributed by atoms with Gasteiger partial charge >= 0.3 is 0 Å². The van der Waals surface area contributed by atoms with Gasteiger partial charge in [0.05, 0.1) is 20.0 Å². The van der Waals surface area contributed by atoms with Crippen LogP contribution >= 0.6 is 0 Å². The highest BCUT2D eigenvalue weighted by molar-refractivity contribution is 5.31. The zero-order valence-corrected chi connectivity index (χ0v) is 16.0. The monoisotopic (exact) mass is 334 g/mol. The number of methoxy groups -OCH3 is 2. The van der Waals surface area contributed by atoms with Crippen LogP contribution in [-0.2, 0) is 4.74 Å². The van der Waals surface area contributed by atoms with Gasteiger partial charge in [-0.3, -0.25) is 0 Å². The average Bonchev–Trinajstić information content (AvgIpc) is 2.63. The van der Waals surface area contributed by atoms with Crippen molar-refractivity contribution in [3.8, 4) is 5.75 Å². The van der Waals surface area contributed by atoms with Crippen LogP contribution in [0.25, 0.3) is 0 Å². The fraction of sp³-hybridized carbons (Fsp3) is 0.619. The lowest BCUT2D eigenvalue weighted by Crippen LogP contribution is -2.19. The first-order valence-corrected chi connectivity index (χ1v) is 9.11. The summed E-state index contributed by atoms with van der Waals surface area (Å²) in [6, 6.07) is 8.23. The van der Waals surface area contributed by atoms with Crippen molar-refractivity contribution in [3.63, 3.8) is 0 Å². The smallest absolute Gasteiger partial charge is 0.118 e. The van der Waals surface area contributed by atoms with Crippen molar-refractivity contribution in [2.45, 2.75) is 58.8 Å². The molecule has 0 heterocycles. The summed E-state index contributed by atoms with van der Waals surface area (Å²) in [6.45, 7) is 6.72. The summed E-state index contributed by atoms with van der Waals surface area (Å²) in [6.07, 6.45) is 5.12. The van der Waals surface area contributed by atoms with Crippen molar-refractivity contribution in [1.29, 1.82) is 0 Å². The van der Waals surface area contributed by atoms with Crippen LogP contribution in [-0.4, -0.2) is 25.9 Å². The van der Waals surface area contributed by atoms with Gasteiger partial charge in [-0.05, 0) is 55.4 Å². The largest absolute Gasteiger partial charge is 0.501 e. The Morgan fingerprint density at radius 3 is 2.21 bits per heavy atom. The molecule has 136 valence electrons. The molecule has 1 aromatic carbocycles. The number of benzene rings is 1. The first-order valence-electron chi connectivity index (χ1n) is 9.11. The molecule has 0 amide bonds. The van der Waals surface area contributed by atoms with E-state index in [4.69, 9.17) is 9.47 Å². The van der Waals surface area contributed by atoms with E-state index in [0.29, 0.717) is 5.92 Å². The van der Waals surface area contributed by atoms with Gasteiger partial charge in [0, 0.05) is 12.5 Å². The summed E-state index contributed by atoms with van der Waals surface area (Å²) in [5.74, 6) is 2.51. The fourth-order valence-electron chi connectivity index (χ4n) is 3.35. The third-order valence-electron chi connectivity index (χ3n) is 4.85. The lowest BCUT2D eigenvalue weighted by Gasteiger charge is -2.30. The molecule has 2 unspecified atom stereocenters. The van der Waals surface area contributed by atoms with Gasteiger partial charge < -0.3 is 14.6 Å². The van der Waals surface area contributed by atoms with Crippen molar-refractivity contribution < 1.29 is 14.6 Å². The van der Waals surface area contributed by atoms with Crippen molar-refractivity contribution in [1.82, 2.24) is 0 Å². The summed E-state index contributed by atoms with van der Waals surface area (Å²) in [4.78, 5) is 0. The number of hydrogen-bond donors (Lipinski definition) is 1. The van der Waals surface area contributed by atoms with Gasteiger partial charge in [-0.2, -0.15) is 0 Å². The predicted octanol–water partition coefficient (Wildman–Crippen LogP) is 5.30. The molecule has 3 nitrogen and oxygen atoms in total. The lowest BCUT2D eigenvalue weighted by molar-refractivity contribution is 0.191. The molecule has 0 saturated heterocycles. The second kappa shape index (κ2) is 11.1. The van der Waals surface area contributed by atoms with Crippen LogP contribution in [0.15, 0.2) is 35.6 Å². The third-order valence-corrected chi connectivity index (χ3v) is 4.85. The summed E-state index contributed by atoms with van der Waals surface area (Å²) < 4.78 is 11.1. The lowest BCUT2D eigenvalue weighted by atomic mass is 9.78. The van der Waals surface area contributed by atoms with E-state index in [0.717, 1.165) is 43.6 Å². The number of allylic oxidation sites excluding steroid dienone is 2. The van der Waals surface area contributed by atoms with Gasteiger partial charge in [-0.1, -0.05) is 38.8 Å². The van der Waals surface area contributed by atoms with Crippen molar-refractivity contribution in [2.24, 2.45) is 5.92 Å². The molecule has 0 spiro atoms. The van der Waals surface area contributed by atoms with Gasteiger partial charge in [0.2, 0.25) is 0 Å². The minimum absolute atomic E-state index is 0.182. The number of hydrogen-bond acceptors (Lipinski definition) is 3. The van der Waals surface area contributed by atoms with E-state index in [1.54, 1.807) is 14.2 Å². The van der Waals surface area contributed by atoms with E-state index in [1.165, 1.54) is 11.1 Å². The second-order valence-corrected chi connectivity index (χ2v) is 6.34. The maximum absolute atomic E-state index is 9.64. The first kappa shape index (κ1) is 20.6. The number of aliphatic hydroxyl groups excluding tert-OH is 1. The quantitative estimate of drug-likeness (QED) is 0.558. The van der Waals surface area contributed by atoms with E-state index >= 15 is 0 Å². The van der Waals surface area contributed by atoms with Crippen molar-refractivity contribution in [2.75, 3.05) is 20.8 Å². The molecule has 3 heteroatoms. The molecule has 0 aromatic heterocycles. The molecule has 0 saturated carbocycles. The minimum Gasteiger partial charge on any atom is -0.501 e. The summed E-state index contributed by atoms with van der Waals surface area (Å²) in [7, 11) is 3.46. The van der Waals surface area contributed by atoms with E-state index in [2.05, 4.69) is 32.9 Å². The van der Waals surface area contributed by atoms with Crippen LogP contribution in [0.4, 0.5) is 0 Å². The maximum atomic E-state index is 9.64. The zero-order valence-electron chi connectivity index (χ0n) is 16.0. The molecular formula is C21H34O3. The molecule has 1 rings (SSSR count). The highest BCUT2D eigenvalue weighted by atomic mass is 16.5. The Hall–Kier alpha value is -1.48. The normalized spacial score (nSPS) is 14.8. The summed E-state index contributed by atoms with van der Waals surface area (Å²) in [5, 5.41) is 9.64. The molecule has 1 N–H and O–H groups in total. The van der Waals surface area contributed by atoms with Gasteiger partial charge in [0.25, 0.3) is 0 Å². The Bertz CT molecular complexity index is 490. The van der Waals surface area contributed by atoms with Gasteiger partial charge in [-0.25, -0.2) is 0 Å². The Labute approximate surface area is 147 Å². The van der Waals surface area contributed by atoms with Crippen LogP contribution in [0.3, 0.4) is 0 Å². The highest BCUT2D eigenvalue weighted by Crippen LogP contribution is 2.39. The Morgan fingerprint density at radius 1 is 1.08 bits per heavy atom. The van der Waals surface area contributed by atoms with E-state index in [-0.39, 0.29) is 12.5 Å². The average molecular weight is 334 g/mol. The molecule has 0 radical (unpaired) electrons. The second-order valence-electron chi connectivity index (χ2n) is 6.34. The molecule has 0 aliphatic rings. The minimum atomic E-state index is 0.182. The molecule has 0 aliphatic heterocycles. The molecule has 1 aromatic rings. The predicted molar refractivity (Wildman–Crippen MR) is 100 cm³/mol. The Balaban J connectivity index is 3.24. The van der Waals surface area contributed by atoms with Crippen LogP contribution in [0.1, 0.15) is 64.4 Å². The van der Waals surface area contributed by atoms with Gasteiger partial charge in [0.1, 0.15) is 5.75 Å². The van der Waals surface area contributed by atoms with Gasteiger partial charge in [-0.15, -0.1) is 0 Å². The van der Waals surface area contributed by atoms with Crippen LogP contribution in [0.5, 0.6) is 5.75 Å². The zero-order chi connectivity index (χ0) is 17.9. The SMILES string of the molecule is CCCCC(C(OC)=C(C)CC)C(CCO)c1ccc(OC)cc1. The number of rotatable bonds is 11. The highest BCUT2D eigenvalue weighted by Gasteiger charge is 2.28. The molecular weight excluding hydrogens is 300 g/mol. The third kappa shape index (κ3) is 5.55. The number of aliphatic hydroxyl groups is 1. The topological polar surface area (TPSA) is 38.7 Å². The first-order chi connectivity index (χ1) is 11.6. The Kier molecular flexibility index (Phi) is 9.55. The fourth-order valence-corrected chi connectivity index (χ4v) is 3.35. The van der Waals surface area contributed by atoms with E-state index < -0.39 is 0 Å².